The molecule has 0 saturated carbocycles. The molecule has 0 aliphatic rings. The van der Waals surface area contributed by atoms with E-state index in [1.165, 1.54) is 0 Å². The van der Waals surface area contributed by atoms with Gasteiger partial charge in [-0.25, -0.2) is 0 Å². The lowest BCUT2D eigenvalue weighted by atomic mass is 10.2. The van der Waals surface area contributed by atoms with Crippen LogP contribution in [0.3, 0.4) is 0 Å². The van der Waals surface area contributed by atoms with E-state index in [0.717, 1.165) is 11.3 Å². The number of hydrazone groups is 1. The number of anilines is 1. The maximum Gasteiger partial charge on any atom is 0.0991 e. The summed E-state index contributed by atoms with van der Waals surface area (Å²) in [6, 6.07) is 16.6. The average molecular weight is 256 g/mol. The molecule has 0 aliphatic carbocycles. The Morgan fingerprint density at radius 1 is 1.11 bits per heavy atom. The molecule has 88 valence electrons. The molecule has 0 radical (unpaired) electrons. The molecule has 2 rings (SSSR count). The van der Waals surface area contributed by atoms with Gasteiger partial charge in [-0.05, 0) is 30.3 Å². The summed E-state index contributed by atoms with van der Waals surface area (Å²) in [4.78, 5) is 0. The summed E-state index contributed by atoms with van der Waals surface area (Å²) in [6.07, 6.45) is 1.65. The minimum Gasteiger partial charge on any atom is -0.279 e. The first kappa shape index (κ1) is 12.2. The second kappa shape index (κ2) is 5.85. The maximum atomic E-state index is 8.67. The van der Waals surface area contributed by atoms with E-state index >= 15 is 0 Å². The van der Waals surface area contributed by atoms with Crippen LogP contribution in [-0.4, -0.2) is 6.21 Å². The maximum absolute atomic E-state index is 8.67. The molecule has 2 aromatic rings. The third-order valence-corrected chi connectivity index (χ3v) is 2.66. The Hall–Kier alpha value is -2.31. The quantitative estimate of drug-likeness (QED) is 0.672. The number of hydrogen-bond donors (Lipinski definition) is 1. The predicted octanol–water partition coefficient (Wildman–Crippen LogP) is 3.66. The molecule has 4 heteroatoms. The molecular weight excluding hydrogens is 246 g/mol. The molecule has 18 heavy (non-hydrogen) atoms. The molecule has 0 unspecified atom stereocenters. The van der Waals surface area contributed by atoms with Gasteiger partial charge in [0.1, 0.15) is 0 Å². The Balaban J connectivity index is 2.03. The zero-order valence-corrected chi connectivity index (χ0v) is 10.2. The van der Waals surface area contributed by atoms with Gasteiger partial charge < -0.3 is 0 Å². The molecule has 3 nitrogen and oxygen atoms in total. The molecule has 0 aromatic heterocycles. The number of nitriles is 1. The van der Waals surface area contributed by atoms with Crippen molar-refractivity contribution in [3.63, 3.8) is 0 Å². The van der Waals surface area contributed by atoms with E-state index < -0.39 is 0 Å². The summed E-state index contributed by atoms with van der Waals surface area (Å²) in [5.74, 6) is 0. The smallest absolute Gasteiger partial charge is 0.0991 e. The summed E-state index contributed by atoms with van der Waals surface area (Å²) < 4.78 is 0. The van der Waals surface area contributed by atoms with Gasteiger partial charge in [0.25, 0.3) is 0 Å². The standard InChI is InChI=1S/C14H10ClN3/c15-14-4-2-1-3-12(14)10-17-18-13-7-5-11(9-16)6-8-13/h1-8,10,18H. The highest BCUT2D eigenvalue weighted by Crippen LogP contribution is 2.13. The first-order chi connectivity index (χ1) is 8.79. The fourth-order valence-corrected chi connectivity index (χ4v) is 1.56. The van der Waals surface area contributed by atoms with Crippen LogP contribution >= 0.6 is 11.6 Å². The Morgan fingerprint density at radius 2 is 1.83 bits per heavy atom. The first-order valence-electron chi connectivity index (χ1n) is 5.33. The van der Waals surface area contributed by atoms with Crippen molar-refractivity contribution in [2.45, 2.75) is 0 Å². The number of halogens is 1. The van der Waals surface area contributed by atoms with Crippen molar-refractivity contribution in [3.05, 3.63) is 64.7 Å². The molecule has 1 N–H and O–H groups in total. The van der Waals surface area contributed by atoms with Crippen molar-refractivity contribution in [3.8, 4) is 6.07 Å². The van der Waals surface area contributed by atoms with Crippen molar-refractivity contribution in [1.82, 2.24) is 0 Å². The van der Waals surface area contributed by atoms with Gasteiger partial charge in [0.05, 0.1) is 23.5 Å². The molecule has 0 spiro atoms. The van der Waals surface area contributed by atoms with Crippen LogP contribution in [0.5, 0.6) is 0 Å². The summed E-state index contributed by atoms with van der Waals surface area (Å²) in [6.45, 7) is 0. The highest BCUT2D eigenvalue weighted by atomic mass is 35.5. The van der Waals surface area contributed by atoms with Crippen LogP contribution in [0.4, 0.5) is 5.69 Å². The van der Waals surface area contributed by atoms with Gasteiger partial charge in [-0.2, -0.15) is 10.4 Å². The van der Waals surface area contributed by atoms with Crippen molar-refractivity contribution in [2.24, 2.45) is 5.10 Å². The Kier molecular flexibility index (Phi) is 3.95. The van der Waals surface area contributed by atoms with Crippen LogP contribution in [0.15, 0.2) is 53.6 Å². The predicted molar refractivity (Wildman–Crippen MR) is 73.8 cm³/mol. The molecule has 0 fully saturated rings. The highest BCUT2D eigenvalue weighted by molar-refractivity contribution is 6.33. The number of rotatable bonds is 3. The second-order valence-corrected chi connectivity index (χ2v) is 3.99. The second-order valence-electron chi connectivity index (χ2n) is 3.58. The van der Waals surface area contributed by atoms with Crippen LogP contribution in [-0.2, 0) is 0 Å². The molecule has 0 aliphatic heterocycles. The number of hydrogen-bond acceptors (Lipinski definition) is 3. The topological polar surface area (TPSA) is 48.2 Å². The van der Waals surface area contributed by atoms with Crippen LogP contribution < -0.4 is 5.43 Å². The van der Waals surface area contributed by atoms with Gasteiger partial charge in [-0.1, -0.05) is 29.8 Å². The van der Waals surface area contributed by atoms with Crippen molar-refractivity contribution >= 4 is 23.5 Å². The minimum atomic E-state index is 0.621. The van der Waals surface area contributed by atoms with Crippen molar-refractivity contribution in [2.75, 3.05) is 5.43 Å². The lowest BCUT2D eigenvalue weighted by Gasteiger charge is -2.00. The van der Waals surface area contributed by atoms with Gasteiger partial charge in [-0.3, -0.25) is 5.43 Å². The molecule has 0 bridgehead atoms. The van der Waals surface area contributed by atoms with E-state index in [-0.39, 0.29) is 0 Å². The Labute approximate surface area is 110 Å². The molecule has 0 saturated heterocycles. The minimum absolute atomic E-state index is 0.621. The molecular formula is C14H10ClN3. The van der Waals surface area contributed by atoms with Crippen LogP contribution in [0.2, 0.25) is 5.02 Å². The van der Waals surface area contributed by atoms with Gasteiger partial charge in [0, 0.05) is 10.6 Å². The zero-order chi connectivity index (χ0) is 12.8. The summed E-state index contributed by atoms with van der Waals surface area (Å²) >= 11 is 5.99. The van der Waals surface area contributed by atoms with E-state index in [2.05, 4.69) is 16.6 Å². The summed E-state index contributed by atoms with van der Waals surface area (Å²) in [5, 5.41) is 13.4. The number of nitrogens with zero attached hydrogens (tertiary/aromatic N) is 2. The monoisotopic (exact) mass is 255 g/mol. The van der Waals surface area contributed by atoms with E-state index in [9.17, 15) is 0 Å². The zero-order valence-electron chi connectivity index (χ0n) is 9.47. The lowest BCUT2D eigenvalue weighted by Crippen LogP contribution is -1.91. The van der Waals surface area contributed by atoms with Gasteiger partial charge in [0.2, 0.25) is 0 Å². The Morgan fingerprint density at radius 3 is 2.50 bits per heavy atom. The fourth-order valence-electron chi connectivity index (χ4n) is 1.38. The third-order valence-electron chi connectivity index (χ3n) is 2.32. The van der Waals surface area contributed by atoms with Crippen LogP contribution in [0, 0.1) is 11.3 Å². The van der Waals surface area contributed by atoms with Crippen molar-refractivity contribution < 1.29 is 0 Å². The fraction of sp³-hybridized carbons (Fsp3) is 0. The average Bonchev–Trinajstić information content (AvgIpc) is 2.42. The van der Waals surface area contributed by atoms with E-state index in [1.54, 1.807) is 30.5 Å². The van der Waals surface area contributed by atoms with Gasteiger partial charge >= 0.3 is 0 Å². The van der Waals surface area contributed by atoms with Gasteiger partial charge in [0.15, 0.2) is 0 Å². The van der Waals surface area contributed by atoms with E-state index in [1.807, 2.05) is 24.3 Å². The molecule has 0 atom stereocenters. The largest absolute Gasteiger partial charge is 0.279 e. The SMILES string of the molecule is N#Cc1ccc(NN=Cc2ccccc2Cl)cc1. The number of nitrogens with one attached hydrogen (secondary N) is 1. The van der Waals surface area contributed by atoms with Crippen molar-refractivity contribution in [1.29, 1.82) is 5.26 Å². The first-order valence-corrected chi connectivity index (χ1v) is 5.71. The normalized spacial score (nSPS) is 10.2. The highest BCUT2D eigenvalue weighted by Gasteiger charge is 1.94. The lowest BCUT2D eigenvalue weighted by molar-refractivity contribution is 1.34. The van der Waals surface area contributed by atoms with Crippen LogP contribution in [0.25, 0.3) is 0 Å². The van der Waals surface area contributed by atoms with E-state index in [0.29, 0.717) is 10.6 Å². The molecule has 0 heterocycles. The third kappa shape index (κ3) is 3.09. The van der Waals surface area contributed by atoms with Crippen LogP contribution in [0.1, 0.15) is 11.1 Å². The van der Waals surface area contributed by atoms with Gasteiger partial charge in [-0.15, -0.1) is 0 Å². The Bertz CT molecular complexity index is 597. The summed E-state index contributed by atoms with van der Waals surface area (Å²) in [7, 11) is 0. The molecule has 0 amide bonds. The summed E-state index contributed by atoms with van der Waals surface area (Å²) in [5.41, 5.74) is 5.16. The van der Waals surface area contributed by atoms with E-state index in [4.69, 9.17) is 16.9 Å². The number of benzene rings is 2. The molecule has 2 aromatic carbocycles.